The molecule has 1 fully saturated rings. The largest absolute Gasteiger partial charge is 0.496 e. The molecular weight excluding hydrogens is 362 g/mol. The Balaban J connectivity index is 1.38. The third-order valence-corrected chi connectivity index (χ3v) is 5.09. The van der Waals surface area contributed by atoms with Crippen LogP contribution in [0.2, 0.25) is 5.02 Å². The van der Waals surface area contributed by atoms with Crippen LogP contribution < -0.4 is 15.0 Å². The van der Waals surface area contributed by atoms with Gasteiger partial charge in [-0.15, -0.1) is 0 Å². The Hall–Kier alpha value is -2.24. The second kappa shape index (κ2) is 9.62. The van der Waals surface area contributed by atoms with Crippen molar-refractivity contribution >= 4 is 23.2 Å². The topological polar surface area (TPSA) is 44.8 Å². The highest BCUT2D eigenvalue weighted by molar-refractivity contribution is 6.30. The Kier molecular flexibility index (Phi) is 6.96. The lowest BCUT2D eigenvalue weighted by Gasteiger charge is -2.35. The summed E-state index contributed by atoms with van der Waals surface area (Å²) < 4.78 is 5.34. The van der Waals surface area contributed by atoms with Crippen molar-refractivity contribution in [3.63, 3.8) is 0 Å². The van der Waals surface area contributed by atoms with Crippen molar-refractivity contribution < 1.29 is 9.53 Å². The van der Waals surface area contributed by atoms with Crippen LogP contribution in [0.15, 0.2) is 48.5 Å². The number of hydrogen-bond donors (Lipinski definition) is 1. The second-order valence-electron chi connectivity index (χ2n) is 6.65. The fourth-order valence-electron chi connectivity index (χ4n) is 3.32. The second-order valence-corrected chi connectivity index (χ2v) is 7.09. The molecule has 1 aliphatic rings. The summed E-state index contributed by atoms with van der Waals surface area (Å²) in [4.78, 5) is 16.8. The van der Waals surface area contributed by atoms with E-state index in [0.29, 0.717) is 13.1 Å². The van der Waals surface area contributed by atoms with Gasteiger partial charge in [0.2, 0.25) is 5.91 Å². The lowest BCUT2D eigenvalue weighted by Crippen LogP contribution is -2.49. The molecule has 6 heteroatoms. The van der Waals surface area contributed by atoms with E-state index >= 15 is 0 Å². The number of methoxy groups -OCH3 is 1. The summed E-state index contributed by atoms with van der Waals surface area (Å²) in [6.45, 7) is 4.64. The number of ether oxygens (including phenoxy) is 1. The number of nitrogens with one attached hydrogen (secondary N) is 1. The predicted molar refractivity (Wildman–Crippen MR) is 110 cm³/mol. The van der Waals surface area contributed by atoms with Gasteiger partial charge in [0.1, 0.15) is 5.75 Å². The normalized spacial score (nSPS) is 14.8. The van der Waals surface area contributed by atoms with Gasteiger partial charge in [-0.05, 0) is 42.3 Å². The number of amides is 1. The molecule has 0 aliphatic carbocycles. The van der Waals surface area contributed by atoms with E-state index in [1.54, 1.807) is 7.11 Å². The molecule has 0 bridgehead atoms. The number of halogens is 1. The summed E-state index contributed by atoms with van der Waals surface area (Å²) in [5, 5.41) is 3.77. The number of anilines is 1. The quantitative estimate of drug-likeness (QED) is 0.793. The number of benzene rings is 2. The minimum absolute atomic E-state index is 0.0739. The number of carbonyl (C=O) groups excluding carboxylic acids is 1. The van der Waals surface area contributed by atoms with E-state index in [9.17, 15) is 4.79 Å². The summed E-state index contributed by atoms with van der Waals surface area (Å²) in [6, 6.07) is 15.8. The van der Waals surface area contributed by atoms with Crippen LogP contribution >= 0.6 is 11.6 Å². The van der Waals surface area contributed by atoms with E-state index in [1.807, 2.05) is 48.5 Å². The molecule has 0 spiro atoms. The first kappa shape index (κ1) is 19.5. The van der Waals surface area contributed by atoms with Gasteiger partial charge >= 0.3 is 0 Å². The van der Waals surface area contributed by atoms with Crippen molar-refractivity contribution in [2.24, 2.45) is 0 Å². The van der Waals surface area contributed by atoms with Crippen molar-refractivity contribution in [2.75, 3.05) is 51.3 Å². The van der Waals surface area contributed by atoms with Gasteiger partial charge in [-0.25, -0.2) is 0 Å². The molecule has 0 radical (unpaired) electrons. The molecule has 1 N–H and O–H groups in total. The van der Waals surface area contributed by atoms with E-state index < -0.39 is 0 Å². The first-order chi connectivity index (χ1) is 13.2. The van der Waals surface area contributed by atoms with Gasteiger partial charge in [0.05, 0.1) is 13.7 Å². The molecule has 1 saturated heterocycles. The van der Waals surface area contributed by atoms with E-state index in [0.717, 1.165) is 48.9 Å². The minimum atomic E-state index is 0.0739. The van der Waals surface area contributed by atoms with Crippen LogP contribution in [-0.2, 0) is 11.2 Å². The monoisotopic (exact) mass is 387 g/mol. The summed E-state index contributed by atoms with van der Waals surface area (Å²) in [5.74, 6) is 0.940. The number of para-hydroxylation sites is 1. The molecule has 1 aliphatic heterocycles. The Bertz CT molecular complexity index is 743. The van der Waals surface area contributed by atoms with Crippen molar-refractivity contribution in [1.29, 1.82) is 0 Å². The summed E-state index contributed by atoms with van der Waals surface area (Å²) in [6.07, 6.45) is 0.764. The zero-order valence-corrected chi connectivity index (χ0v) is 16.4. The molecule has 144 valence electrons. The molecule has 3 rings (SSSR count). The van der Waals surface area contributed by atoms with Crippen molar-refractivity contribution in [3.8, 4) is 5.75 Å². The molecule has 2 aromatic rings. The zero-order chi connectivity index (χ0) is 19.1. The standard InChI is InChI=1S/C21H26ClN3O2/c1-27-20-5-3-2-4-17(20)10-11-23-21(26)16-24-12-14-25(15-13-24)19-8-6-18(22)7-9-19/h2-9H,10-16H2,1H3,(H,23,26). The van der Waals surface area contributed by atoms with Crippen LogP contribution in [0.1, 0.15) is 5.56 Å². The third-order valence-electron chi connectivity index (χ3n) is 4.84. The van der Waals surface area contributed by atoms with Gasteiger partial charge in [-0.3, -0.25) is 9.69 Å². The number of hydrogen-bond acceptors (Lipinski definition) is 4. The molecule has 0 aromatic heterocycles. The summed E-state index contributed by atoms with van der Waals surface area (Å²) in [5.41, 5.74) is 2.29. The number of piperazine rings is 1. The molecule has 0 unspecified atom stereocenters. The van der Waals surface area contributed by atoms with Crippen molar-refractivity contribution in [3.05, 3.63) is 59.1 Å². The highest BCUT2D eigenvalue weighted by atomic mass is 35.5. The van der Waals surface area contributed by atoms with Gasteiger partial charge in [0, 0.05) is 43.4 Å². The van der Waals surface area contributed by atoms with Crippen LogP contribution in [0.5, 0.6) is 5.75 Å². The van der Waals surface area contributed by atoms with E-state index in [1.165, 1.54) is 5.69 Å². The molecule has 0 atom stereocenters. The molecule has 1 heterocycles. The third kappa shape index (κ3) is 5.62. The maximum absolute atomic E-state index is 12.2. The first-order valence-electron chi connectivity index (χ1n) is 9.27. The van der Waals surface area contributed by atoms with Crippen LogP contribution in [0, 0.1) is 0 Å². The highest BCUT2D eigenvalue weighted by Gasteiger charge is 2.19. The predicted octanol–water partition coefficient (Wildman–Crippen LogP) is 2.83. The van der Waals surface area contributed by atoms with Crippen molar-refractivity contribution in [1.82, 2.24) is 10.2 Å². The fourth-order valence-corrected chi connectivity index (χ4v) is 3.45. The van der Waals surface area contributed by atoms with Crippen LogP contribution in [0.3, 0.4) is 0 Å². The van der Waals surface area contributed by atoms with Gasteiger partial charge in [-0.2, -0.15) is 0 Å². The van der Waals surface area contributed by atoms with Crippen LogP contribution in [0.4, 0.5) is 5.69 Å². The summed E-state index contributed by atoms with van der Waals surface area (Å²) in [7, 11) is 1.67. The van der Waals surface area contributed by atoms with Gasteiger partial charge in [-0.1, -0.05) is 29.8 Å². The molecule has 5 nitrogen and oxygen atoms in total. The number of carbonyl (C=O) groups is 1. The smallest absolute Gasteiger partial charge is 0.234 e. The van der Waals surface area contributed by atoms with E-state index in [4.69, 9.17) is 16.3 Å². The Morgan fingerprint density at radius 2 is 1.78 bits per heavy atom. The Labute approximate surface area is 165 Å². The lowest BCUT2D eigenvalue weighted by molar-refractivity contribution is -0.122. The Morgan fingerprint density at radius 1 is 1.07 bits per heavy atom. The maximum atomic E-state index is 12.2. The fraction of sp³-hybridized carbons (Fsp3) is 0.381. The lowest BCUT2D eigenvalue weighted by atomic mass is 10.1. The van der Waals surface area contributed by atoms with Crippen LogP contribution in [0.25, 0.3) is 0 Å². The molecule has 2 aromatic carbocycles. The molecule has 27 heavy (non-hydrogen) atoms. The zero-order valence-electron chi connectivity index (χ0n) is 15.7. The van der Waals surface area contributed by atoms with Gasteiger partial charge < -0.3 is 15.0 Å². The molecule has 0 saturated carbocycles. The maximum Gasteiger partial charge on any atom is 0.234 e. The van der Waals surface area contributed by atoms with Gasteiger partial charge in [0.25, 0.3) is 0 Å². The molecular formula is C21H26ClN3O2. The average molecular weight is 388 g/mol. The SMILES string of the molecule is COc1ccccc1CCNC(=O)CN1CCN(c2ccc(Cl)cc2)CC1. The van der Waals surface area contributed by atoms with E-state index in [2.05, 4.69) is 15.1 Å². The van der Waals surface area contributed by atoms with Gasteiger partial charge in [0.15, 0.2) is 0 Å². The number of nitrogens with zero attached hydrogens (tertiary/aromatic N) is 2. The highest BCUT2D eigenvalue weighted by Crippen LogP contribution is 2.19. The molecule has 1 amide bonds. The van der Waals surface area contributed by atoms with Crippen LogP contribution in [-0.4, -0.2) is 57.2 Å². The Morgan fingerprint density at radius 3 is 2.48 bits per heavy atom. The first-order valence-corrected chi connectivity index (χ1v) is 9.65. The minimum Gasteiger partial charge on any atom is -0.496 e. The van der Waals surface area contributed by atoms with E-state index in [-0.39, 0.29) is 5.91 Å². The van der Waals surface area contributed by atoms with Crippen molar-refractivity contribution in [2.45, 2.75) is 6.42 Å². The average Bonchev–Trinajstić information content (AvgIpc) is 2.69. The summed E-state index contributed by atoms with van der Waals surface area (Å²) >= 11 is 5.95. The number of rotatable bonds is 7.